The maximum Gasteiger partial charge on any atom is 0.335 e. The molecule has 2 amide bonds. The number of carbonyl (C=O) groups is 2. The zero-order valence-corrected chi connectivity index (χ0v) is 15.3. The molecular weight excluding hydrogens is 390 g/mol. The van der Waals surface area contributed by atoms with Crippen LogP contribution in [0.2, 0.25) is 0 Å². The first kappa shape index (κ1) is 19.3. The number of hydrogen-bond donors (Lipinski definition) is 2. The molecule has 2 aromatic heterocycles. The normalized spacial score (nSPS) is 10.7. The molecule has 26 heavy (non-hydrogen) atoms. The van der Waals surface area contributed by atoms with Gasteiger partial charge in [0.05, 0.1) is 14.2 Å². The molecule has 140 valence electrons. The highest BCUT2D eigenvalue weighted by molar-refractivity contribution is 7.90. The zero-order chi connectivity index (χ0) is 19.3. The van der Waals surface area contributed by atoms with Gasteiger partial charge in [0.25, 0.3) is 10.0 Å². The predicted octanol–water partition coefficient (Wildman–Crippen LogP) is 0.386. The van der Waals surface area contributed by atoms with Crippen molar-refractivity contribution in [2.24, 2.45) is 0 Å². The molecule has 0 aliphatic heterocycles. The van der Waals surface area contributed by atoms with Crippen LogP contribution in [0.1, 0.15) is 6.92 Å². The van der Waals surface area contributed by atoms with Crippen molar-refractivity contribution in [1.82, 2.24) is 19.7 Å². The van der Waals surface area contributed by atoms with Gasteiger partial charge in [-0.25, -0.2) is 17.9 Å². The van der Waals surface area contributed by atoms with E-state index in [4.69, 9.17) is 14.2 Å². The fourth-order valence-corrected chi connectivity index (χ4v) is 3.72. The largest absolute Gasteiger partial charge is 0.467 e. The Morgan fingerprint density at radius 1 is 1.12 bits per heavy atom. The van der Waals surface area contributed by atoms with E-state index in [9.17, 15) is 18.0 Å². The number of anilines is 1. The van der Waals surface area contributed by atoms with E-state index < -0.39 is 22.0 Å². The Morgan fingerprint density at radius 3 is 2.27 bits per heavy atom. The summed E-state index contributed by atoms with van der Waals surface area (Å²) in [7, 11) is -1.73. The smallest absolute Gasteiger partial charge is 0.335 e. The quantitative estimate of drug-likeness (QED) is 0.646. The molecule has 0 aromatic carbocycles. The van der Waals surface area contributed by atoms with E-state index in [1.807, 2.05) is 0 Å². The van der Waals surface area contributed by atoms with Crippen molar-refractivity contribution in [2.75, 3.05) is 19.5 Å². The van der Waals surface area contributed by atoms with Crippen LogP contribution in [0.25, 0.3) is 0 Å². The summed E-state index contributed by atoms with van der Waals surface area (Å²) in [6, 6.07) is -0.261. The van der Waals surface area contributed by atoms with E-state index in [2.05, 4.69) is 20.3 Å². The average Bonchev–Trinajstić information content (AvgIpc) is 3.02. The third-order valence-corrected chi connectivity index (χ3v) is 4.81. The van der Waals surface area contributed by atoms with Gasteiger partial charge < -0.3 is 14.2 Å². The van der Waals surface area contributed by atoms with Crippen LogP contribution >= 0.6 is 11.3 Å². The van der Waals surface area contributed by atoms with E-state index in [0.717, 1.165) is 18.3 Å². The van der Waals surface area contributed by atoms with Gasteiger partial charge in [0.1, 0.15) is 4.90 Å². The number of nitrogens with zero attached hydrogens (tertiary/aromatic N) is 3. The average molecular weight is 403 g/mol. The molecule has 2 aromatic rings. The minimum atomic E-state index is -4.31. The van der Waals surface area contributed by atoms with Crippen molar-refractivity contribution in [1.29, 1.82) is 0 Å². The minimum Gasteiger partial charge on any atom is -0.467 e. The molecule has 0 spiro atoms. The number of esters is 1. The van der Waals surface area contributed by atoms with Gasteiger partial charge in [-0.2, -0.15) is 9.97 Å². The van der Waals surface area contributed by atoms with Crippen LogP contribution < -0.4 is 24.2 Å². The standard InChI is InChI=1S/C12H13N5O7S2/c1-6(18)24-8-7(4-5-25-8)26(20,21)17-10(19)13-9-14-11(22-2)16-12(15-9)23-3/h4-5H,1-3H3,(H2,13,14,15,16,17,19). The van der Waals surface area contributed by atoms with Crippen LogP contribution in [0.3, 0.4) is 0 Å². The van der Waals surface area contributed by atoms with Crippen LogP contribution in [-0.2, 0) is 14.8 Å². The lowest BCUT2D eigenvalue weighted by Gasteiger charge is -2.09. The summed E-state index contributed by atoms with van der Waals surface area (Å²) in [5.74, 6) is -0.996. The van der Waals surface area contributed by atoms with E-state index in [1.165, 1.54) is 25.7 Å². The first-order valence-corrected chi connectivity index (χ1v) is 9.05. The Bertz CT molecular complexity index is 906. The van der Waals surface area contributed by atoms with Gasteiger partial charge in [-0.05, 0) is 11.4 Å². The molecule has 2 rings (SSSR count). The zero-order valence-electron chi connectivity index (χ0n) is 13.7. The van der Waals surface area contributed by atoms with Crippen LogP contribution in [0.15, 0.2) is 16.3 Å². The maximum absolute atomic E-state index is 12.3. The van der Waals surface area contributed by atoms with Gasteiger partial charge in [0.15, 0.2) is 0 Å². The summed E-state index contributed by atoms with van der Waals surface area (Å²) in [5, 5.41) is 3.34. The predicted molar refractivity (Wildman–Crippen MR) is 87.9 cm³/mol. The lowest BCUT2D eigenvalue weighted by Crippen LogP contribution is -2.35. The monoisotopic (exact) mass is 403 g/mol. The van der Waals surface area contributed by atoms with Crippen molar-refractivity contribution in [3.05, 3.63) is 11.4 Å². The number of amides is 2. The molecule has 2 N–H and O–H groups in total. The van der Waals surface area contributed by atoms with Crippen molar-refractivity contribution < 1.29 is 32.2 Å². The molecule has 0 aliphatic rings. The highest BCUT2D eigenvalue weighted by Gasteiger charge is 2.25. The number of methoxy groups -OCH3 is 2. The fraction of sp³-hybridized carbons (Fsp3) is 0.250. The van der Waals surface area contributed by atoms with Crippen molar-refractivity contribution in [2.45, 2.75) is 11.8 Å². The van der Waals surface area contributed by atoms with Gasteiger partial charge in [-0.1, -0.05) is 0 Å². The van der Waals surface area contributed by atoms with Crippen molar-refractivity contribution >= 4 is 39.3 Å². The minimum absolute atomic E-state index is 0.148. The Balaban J connectivity index is 2.17. The molecule has 2 heterocycles. The SMILES string of the molecule is COc1nc(NC(=O)NS(=O)(=O)c2ccsc2OC(C)=O)nc(OC)n1. The van der Waals surface area contributed by atoms with Crippen LogP contribution in [0.5, 0.6) is 17.1 Å². The van der Waals surface area contributed by atoms with Crippen LogP contribution in [-0.4, -0.2) is 49.6 Å². The van der Waals surface area contributed by atoms with Gasteiger partial charge in [-0.3, -0.25) is 10.1 Å². The summed E-state index contributed by atoms with van der Waals surface area (Å²) in [4.78, 5) is 33.8. The van der Waals surface area contributed by atoms with Gasteiger partial charge in [0, 0.05) is 6.92 Å². The number of aromatic nitrogens is 3. The first-order valence-electron chi connectivity index (χ1n) is 6.69. The summed E-state index contributed by atoms with van der Waals surface area (Å²) in [6.45, 7) is 1.12. The molecule has 0 fully saturated rings. The molecule has 0 unspecified atom stereocenters. The molecule has 0 saturated heterocycles. The number of rotatable bonds is 6. The van der Waals surface area contributed by atoms with Gasteiger partial charge in [0.2, 0.25) is 11.0 Å². The lowest BCUT2D eigenvalue weighted by molar-refractivity contribution is -0.131. The third-order valence-electron chi connectivity index (χ3n) is 2.53. The summed E-state index contributed by atoms with van der Waals surface area (Å²) in [5.41, 5.74) is 0. The molecular formula is C12H13N5O7S2. The van der Waals surface area contributed by atoms with Crippen LogP contribution in [0, 0.1) is 0 Å². The summed E-state index contributed by atoms with van der Waals surface area (Å²) < 4.78 is 40.7. The number of hydrogen-bond acceptors (Lipinski definition) is 11. The number of thiophene rings is 1. The molecule has 0 bridgehead atoms. The number of ether oxygens (including phenoxy) is 3. The van der Waals surface area contributed by atoms with Crippen molar-refractivity contribution in [3.63, 3.8) is 0 Å². The highest BCUT2D eigenvalue weighted by atomic mass is 32.2. The van der Waals surface area contributed by atoms with E-state index in [1.54, 1.807) is 4.72 Å². The number of urea groups is 1. The molecule has 0 saturated carbocycles. The van der Waals surface area contributed by atoms with E-state index in [-0.39, 0.29) is 27.9 Å². The number of carbonyl (C=O) groups excluding carboxylic acids is 2. The molecule has 0 aliphatic carbocycles. The fourth-order valence-electron chi connectivity index (χ4n) is 1.57. The number of nitrogens with one attached hydrogen (secondary N) is 2. The van der Waals surface area contributed by atoms with Crippen LogP contribution in [0.4, 0.5) is 10.7 Å². The second-order valence-corrected chi connectivity index (χ2v) is 6.89. The Morgan fingerprint density at radius 2 is 1.73 bits per heavy atom. The van der Waals surface area contributed by atoms with E-state index >= 15 is 0 Å². The topological polar surface area (TPSA) is 159 Å². The summed E-state index contributed by atoms with van der Waals surface area (Å²) in [6.07, 6.45) is 0. The molecule has 0 radical (unpaired) electrons. The molecule has 12 nitrogen and oxygen atoms in total. The second-order valence-electron chi connectivity index (χ2n) is 4.36. The maximum atomic E-state index is 12.3. The Hall–Kier alpha value is -3.00. The Labute approximate surface area is 151 Å². The number of sulfonamides is 1. The first-order chi connectivity index (χ1) is 12.2. The Kier molecular flexibility index (Phi) is 5.89. The van der Waals surface area contributed by atoms with E-state index in [0.29, 0.717) is 0 Å². The summed E-state index contributed by atoms with van der Waals surface area (Å²) >= 11 is 0.886. The second kappa shape index (κ2) is 7.92. The lowest BCUT2D eigenvalue weighted by atomic mass is 10.6. The third kappa shape index (κ3) is 4.76. The molecule has 14 heteroatoms. The van der Waals surface area contributed by atoms with Gasteiger partial charge >= 0.3 is 24.0 Å². The van der Waals surface area contributed by atoms with Crippen molar-refractivity contribution in [3.8, 4) is 17.1 Å². The van der Waals surface area contributed by atoms with Gasteiger partial charge in [-0.15, -0.1) is 16.3 Å². The molecule has 0 atom stereocenters. The highest BCUT2D eigenvalue weighted by Crippen LogP contribution is 2.30.